The Labute approximate surface area is 105 Å². The highest BCUT2D eigenvalue weighted by Gasteiger charge is 2.33. The van der Waals surface area contributed by atoms with Gasteiger partial charge in [0.1, 0.15) is 11.2 Å². The summed E-state index contributed by atoms with van der Waals surface area (Å²) in [5, 5.41) is 2.56. The second-order valence-corrected chi connectivity index (χ2v) is 3.97. The molecule has 0 aliphatic carbocycles. The zero-order chi connectivity index (χ0) is 13.5. The monoisotopic (exact) mass is 278 g/mol. The molecule has 2 nitrogen and oxygen atoms in total. The largest absolute Gasteiger partial charge is 0.433 e. The first-order valence-electron chi connectivity index (χ1n) is 4.88. The number of nitrogens with one attached hydrogen (secondary N) is 1. The Balaban J connectivity index is 2.85. The van der Waals surface area contributed by atoms with Gasteiger partial charge in [-0.05, 0) is 18.2 Å². The van der Waals surface area contributed by atoms with Crippen LogP contribution >= 0.6 is 11.6 Å². The minimum Gasteiger partial charge on any atom is -0.388 e. The summed E-state index contributed by atoms with van der Waals surface area (Å²) in [6, 6.07) is 3.52. The van der Waals surface area contributed by atoms with E-state index in [0.29, 0.717) is 0 Å². The van der Waals surface area contributed by atoms with E-state index in [0.717, 1.165) is 6.07 Å². The van der Waals surface area contributed by atoms with Crippen LogP contribution in [-0.2, 0) is 6.18 Å². The van der Waals surface area contributed by atoms with Crippen LogP contribution in [0.25, 0.3) is 10.9 Å². The maximum atomic E-state index is 13.7. The van der Waals surface area contributed by atoms with E-state index in [9.17, 15) is 17.6 Å². The Hall–Kier alpha value is -1.56. The van der Waals surface area contributed by atoms with Crippen molar-refractivity contribution in [2.75, 3.05) is 12.4 Å². The molecule has 1 N–H and O–H groups in total. The van der Waals surface area contributed by atoms with Crippen molar-refractivity contribution in [2.45, 2.75) is 6.18 Å². The van der Waals surface area contributed by atoms with Gasteiger partial charge in [0.25, 0.3) is 0 Å². The van der Waals surface area contributed by atoms with Gasteiger partial charge in [0, 0.05) is 18.1 Å². The predicted octanol–water partition coefficient (Wildman–Crippen LogP) is 4.09. The first-order valence-corrected chi connectivity index (χ1v) is 5.26. The van der Waals surface area contributed by atoms with Gasteiger partial charge in [0.15, 0.2) is 5.82 Å². The van der Waals surface area contributed by atoms with Gasteiger partial charge < -0.3 is 5.32 Å². The number of alkyl halides is 3. The molecule has 0 saturated carbocycles. The SMILES string of the molecule is CNc1cc(C(F)(F)F)nc2c(F)c(Cl)ccc12. The van der Waals surface area contributed by atoms with Crippen LogP contribution in [0, 0.1) is 5.82 Å². The summed E-state index contributed by atoms with van der Waals surface area (Å²) in [6.45, 7) is 0. The van der Waals surface area contributed by atoms with E-state index >= 15 is 0 Å². The van der Waals surface area contributed by atoms with Crippen molar-refractivity contribution in [2.24, 2.45) is 0 Å². The molecule has 1 aromatic heterocycles. The topological polar surface area (TPSA) is 24.9 Å². The molecule has 0 radical (unpaired) electrons. The summed E-state index contributed by atoms with van der Waals surface area (Å²) in [4.78, 5) is 3.29. The van der Waals surface area contributed by atoms with Crippen LogP contribution in [0.4, 0.5) is 23.2 Å². The van der Waals surface area contributed by atoms with Gasteiger partial charge in [-0.25, -0.2) is 9.37 Å². The average molecular weight is 279 g/mol. The van der Waals surface area contributed by atoms with E-state index in [1.165, 1.54) is 19.2 Å². The van der Waals surface area contributed by atoms with Crippen LogP contribution in [0.15, 0.2) is 18.2 Å². The Morgan fingerprint density at radius 3 is 2.50 bits per heavy atom. The highest BCUT2D eigenvalue weighted by Crippen LogP contribution is 2.34. The summed E-state index contributed by atoms with van der Waals surface area (Å²) < 4.78 is 51.5. The lowest BCUT2D eigenvalue weighted by molar-refractivity contribution is -0.140. The van der Waals surface area contributed by atoms with Crippen LogP contribution < -0.4 is 5.32 Å². The Bertz CT molecular complexity index is 610. The van der Waals surface area contributed by atoms with Gasteiger partial charge in [-0.1, -0.05) is 11.6 Å². The molecule has 0 amide bonds. The normalized spacial score (nSPS) is 11.9. The lowest BCUT2D eigenvalue weighted by Gasteiger charge is -2.12. The summed E-state index contributed by atoms with van der Waals surface area (Å²) in [5.41, 5.74) is -1.43. The van der Waals surface area contributed by atoms with Crippen LogP contribution in [0.5, 0.6) is 0 Å². The van der Waals surface area contributed by atoms with E-state index in [1.54, 1.807) is 0 Å². The molecule has 2 rings (SSSR count). The van der Waals surface area contributed by atoms with Gasteiger partial charge >= 0.3 is 6.18 Å². The predicted molar refractivity (Wildman–Crippen MR) is 61.3 cm³/mol. The smallest absolute Gasteiger partial charge is 0.388 e. The van der Waals surface area contributed by atoms with Gasteiger partial charge in [-0.3, -0.25) is 0 Å². The van der Waals surface area contributed by atoms with Crippen LogP contribution in [0.3, 0.4) is 0 Å². The Morgan fingerprint density at radius 1 is 1.28 bits per heavy atom. The van der Waals surface area contributed by atoms with Gasteiger partial charge in [0.05, 0.1) is 5.02 Å². The number of nitrogens with zero attached hydrogens (tertiary/aromatic N) is 1. The second kappa shape index (κ2) is 4.28. The molecule has 0 aliphatic heterocycles. The lowest BCUT2D eigenvalue weighted by atomic mass is 10.1. The van der Waals surface area contributed by atoms with Crippen molar-refractivity contribution in [1.29, 1.82) is 0 Å². The molecule has 7 heteroatoms. The quantitative estimate of drug-likeness (QED) is 0.795. The molecular formula is C11H7ClF4N2. The average Bonchev–Trinajstić information content (AvgIpc) is 2.31. The van der Waals surface area contributed by atoms with Crippen molar-refractivity contribution >= 4 is 28.2 Å². The zero-order valence-electron chi connectivity index (χ0n) is 9.07. The molecule has 96 valence electrons. The minimum absolute atomic E-state index is 0.142. The van der Waals surface area contributed by atoms with E-state index in [-0.39, 0.29) is 16.1 Å². The molecule has 0 spiro atoms. The fraction of sp³-hybridized carbons (Fsp3) is 0.182. The molecule has 1 aromatic carbocycles. The summed E-state index contributed by atoms with van der Waals surface area (Å²) >= 11 is 5.53. The molecule has 0 unspecified atom stereocenters. The number of anilines is 1. The Morgan fingerprint density at radius 2 is 1.94 bits per heavy atom. The number of rotatable bonds is 1. The second-order valence-electron chi connectivity index (χ2n) is 3.56. The third kappa shape index (κ3) is 2.08. The molecule has 2 aromatic rings. The van der Waals surface area contributed by atoms with E-state index in [2.05, 4.69) is 10.3 Å². The highest BCUT2D eigenvalue weighted by molar-refractivity contribution is 6.31. The minimum atomic E-state index is -4.64. The number of pyridine rings is 1. The number of hydrogen-bond acceptors (Lipinski definition) is 2. The van der Waals surface area contributed by atoms with Gasteiger partial charge in [0.2, 0.25) is 0 Å². The third-order valence-electron chi connectivity index (χ3n) is 2.43. The molecule has 1 heterocycles. The summed E-state index contributed by atoms with van der Waals surface area (Å²) in [7, 11) is 1.45. The van der Waals surface area contributed by atoms with Crippen molar-refractivity contribution in [1.82, 2.24) is 4.98 Å². The maximum absolute atomic E-state index is 13.7. The van der Waals surface area contributed by atoms with Crippen molar-refractivity contribution < 1.29 is 17.6 Å². The van der Waals surface area contributed by atoms with Crippen LogP contribution in [0.1, 0.15) is 5.69 Å². The lowest BCUT2D eigenvalue weighted by Crippen LogP contribution is -2.09. The van der Waals surface area contributed by atoms with Crippen LogP contribution in [-0.4, -0.2) is 12.0 Å². The number of hydrogen-bond donors (Lipinski definition) is 1. The first kappa shape index (κ1) is 12.9. The summed E-state index contributed by atoms with van der Waals surface area (Å²) in [6.07, 6.45) is -4.64. The van der Waals surface area contributed by atoms with Gasteiger partial charge in [-0.15, -0.1) is 0 Å². The molecule has 0 atom stereocenters. The number of fused-ring (bicyclic) bond motifs is 1. The third-order valence-corrected chi connectivity index (χ3v) is 2.72. The van der Waals surface area contributed by atoms with Crippen molar-refractivity contribution in [3.63, 3.8) is 0 Å². The maximum Gasteiger partial charge on any atom is 0.433 e. The number of benzene rings is 1. The van der Waals surface area contributed by atoms with Crippen LogP contribution in [0.2, 0.25) is 5.02 Å². The zero-order valence-corrected chi connectivity index (χ0v) is 9.83. The van der Waals surface area contributed by atoms with Gasteiger partial charge in [-0.2, -0.15) is 13.2 Å². The number of halogens is 5. The number of aromatic nitrogens is 1. The summed E-state index contributed by atoms with van der Waals surface area (Å²) in [5.74, 6) is -0.961. The molecule has 18 heavy (non-hydrogen) atoms. The molecule has 0 fully saturated rings. The van der Waals surface area contributed by atoms with Crippen molar-refractivity contribution in [3.8, 4) is 0 Å². The molecule has 0 bridgehead atoms. The fourth-order valence-corrected chi connectivity index (χ4v) is 1.74. The Kier molecular flexibility index (Phi) is 3.06. The van der Waals surface area contributed by atoms with E-state index in [1.807, 2.05) is 0 Å². The molecule has 0 saturated heterocycles. The van der Waals surface area contributed by atoms with Crippen molar-refractivity contribution in [3.05, 3.63) is 34.7 Å². The highest BCUT2D eigenvalue weighted by atomic mass is 35.5. The van der Waals surface area contributed by atoms with E-state index < -0.39 is 23.2 Å². The first-order chi connectivity index (χ1) is 8.34. The molecule has 0 aliphatic rings. The standard InChI is InChI=1S/C11H7ClF4N2/c1-17-7-4-8(11(14,15)16)18-10-5(7)2-3-6(12)9(10)13/h2-4H,1H3,(H,17,18). The molecular weight excluding hydrogens is 272 g/mol. The fourth-order valence-electron chi connectivity index (χ4n) is 1.59. The van der Waals surface area contributed by atoms with E-state index in [4.69, 9.17) is 11.6 Å².